The molecule has 3 aliphatic heterocycles. The van der Waals surface area contributed by atoms with E-state index < -0.39 is 22.9 Å². The molecule has 1 amide bonds. The smallest absolute Gasteiger partial charge is 0.270 e. The van der Waals surface area contributed by atoms with Crippen LogP contribution >= 0.6 is 23.4 Å². The molecule has 2 atom stereocenters. The van der Waals surface area contributed by atoms with Crippen LogP contribution in [0.3, 0.4) is 0 Å². The highest BCUT2D eigenvalue weighted by Gasteiger charge is 2.47. The lowest BCUT2D eigenvalue weighted by Gasteiger charge is -2.41. The number of fused-ring (bicyclic) bond motifs is 2. The van der Waals surface area contributed by atoms with Crippen molar-refractivity contribution in [2.45, 2.75) is 67.8 Å². The summed E-state index contributed by atoms with van der Waals surface area (Å²) in [4.78, 5) is 47.1. The number of aromatic hydroxyl groups is 1. The van der Waals surface area contributed by atoms with Crippen molar-refractivity contribution in [3.63, 3.8) is 0 Å². The summed E-state index contributed by atoms with van der Waals surface area (Å²) < 4.78 is 7.31. The molecule has 14 heteroatoms. The number of anilines is 2. The summed E-state index contributed by atoms with van der Waals surface area (Å²) in [6.45, 7) is 4.95. The van der Waals surface area contributed by atoms with Gasteiger partial charge in [0, 0.05) is 42.4 Å². The van der Waals surface area contributed by atoms with E-state index in [2.05, 4.69) is 32.1 Å². The highest BCUT2D eigenvalue weighted by Crippen LogP contribution is 2.42. The number of piperidine rings is 1. The number of aryl methyl sites for hydroxylation is 1. The Morgan fingerprint density at radius 1 is 1.13 bits per heavy atom. The van der Waals surface area contributed by atoms with Crippen LogP contribution in [-0.2, 0) is 17.7 Å². The Balaban J connectivity index is 1.05. The van der Waals surface area contributed by atoms with Crippen molar-refractivity contribution < 1.29 is 14.6 Å². The van der Waals surface area contributed by atoms with E-state index in [9.17, 15) is 14.7 Å². The van der Waals surface area contributed by atoms with Crippen molar-refractivity contribution in [2.75, 3.05) is 29.9 Å². The van der Waals surface area contributed by atoms with E-state index in [4.69, 9.17) is 27.1 Å². The molecule has 2 saturated heterocycles. The SMILES string of the molecule is C[C@@H]1OCC2(CCN(c3ccc4nc(Sc5cccc(NC(=O)c6c(O)nc7n(c6=O)CCCC7)c5Cl)ncc4n3)CC2)[C@@H]1N. The van der Waals surface area contributed by atoms with E-state index in [1.807, 2.05) is 12.1 Å². The molecule has 1 spiro atoms. The number of nitrogens with two attached hydrogens (primary N) is 1. The van der Waals surface area contributed by atoms with Gasteiger partial charge in [0.05, 0.1) is 35.1 Å². The second-order valence-corrected chi connectivity index (χ2v) is 13.3. The Labute approximate surface area is 268 Å². The maximum atomic E-state index is 13.1. The molecule has 2 fully saturated rings. The van der Waals surface area contributed by atoms with Gasteiger partial charge in [0.25, 0.3) is 11.5 Å². The quantitative estimate of drug-likeness (QED) is 0.268. The van der Waals surface area contributed by atoms with Crippen molar-refractivity contribution in [3.8, 4) is 5.88 Å². The number of aromatic nitrogens is 5. The summed E-state index contributed by atoms with van der Waals surface area (Å²) in [6, 6.07) is 9.11. The van der Waals surface area contributed by atoms with E-state index in [1.54, 1.807) is 24.4 Å². The molecule has 3 aliphatic rings. The van der Waals surface area contributed by atoms with Gasteiger partial charge in [-0.15, -0.1) is 0 Å². The molecule has 0 aliphatic carbocycles. The first-order chi connectivity index (χ1) is 21.7. The molecule has 4 N–H and O–H groups in total. The largest absolute Gasteiger partial charge is 0.493 e. The first-order valence-electron chi connectivity index (χ1n) is 15.1. The van der Waals surface area contributed by atoms with Crippen LogP contribution in [0.15, 0.2) is 51.4 Å². The van der Waals surface area contributed by atoms with E-state index >= 15 is 0 Å². The zero-order valence-corrected chi connectivity index (χ0v) is 26.3. The number of carbonyl (C=O) groups is 1. The summed E-state index contributed by atoms with van der Waals surface area (Å²) >= 11 is 7.93. The third kappa shape index (κ3) is 5.51. The molecule has 4 aromatic rings. The van der Waals surface area contributed by atoms with Crippen molar-refractivity contribution >= 4 is 51.8 Å². The first-order valence-corrected chi connectivity index (χ1v) is 16.3. The fraction of sp³-hybridized carbons (Fsp3) is 0.419. The molecular formula is C31H33ClN8O4S. The molecule has 6 heterocycles. The molecule has 3 aromatic heterocycles. The molecule has 1 aromatic carbocycles. The fourth-order valence-corrected chi connectivity index (χ4v) is 7.58. The minimum Gasteiger partial charge on any atom is -0.493 e. The van der Waals surface area contributed by atoms with E-state index in [1.165, 1.54) is 16.3 Å². The Morgan fingerprint density at radius 3 is 2.73 bits per heavy atom. The van der Waals surface area contributed by atoms with Crippen molar-refractivity contribution in [1.82, 2.24) is 24.5 Å². The van der Waals surface area contributed by atoms with Crippen LogP contribution < -0.4 is 21.5 Å². The average molecular weight is 649 g/mol. The Bertz CT molecular complexity index is 1860. The molecule has 0 saturated carbocycles. The van der Waals surface area contributed by atoms with Gasteiger partial charge in [-0.2, -0.15) is 4.98 Å². The molecule has 0 bridgehead atoms. The van der Waals surface area contributed by atoms with Crippen molar-refractivity contribution in [2.24, 2.45) is 11.1 Å². The zero-order valence-electron chi connectivity index (χ0n) is 24.7. The van der Waals surface area contributed by atoms with Gasteiger partial charge in [-0.3, -0.25) is 14.2 Å². The molecule has 0 unspecified atom stereocenters. The minimum absolute atomic E-state index is 0.0431. The monoisotopic (exact) mass is 648 g/mol. The second kappa shape index (κ2) is 11.9. The van der Waals surface area contributed by atoms with Crippen molar-refractivity contribution in [1.29, 1.82) is 0 Å². The number of ether oxygens (including phenoxy) is 1. The lowest BCUT2D eigenvalue weighted by atomic mass is 9.73. The average Bonchev–Trinajstić information content (AvgIpc) is 3.31. The van der Waals surface area contributed by atoms with E-state index in [0.717, 1.165) is 51.2 Å². The van der Waals surface area contributed by atoms with E-state index in [0.29, 0.717) is 39.9 Å². The van der Waals surface area contributed by atoms with Gasteiger partial charge >= 0.3 is 0 Å². The number of amides is 1. The van der Waals surface area contributed by atoms with Crippen molar-refractivity contribution in [3.05, 3.63) is 63.3 Å². The highest BCUT2D eigenvalue weighted by molar-refractivity contribution is 7.99. The zero-order chi connectivity index (χ0) is 31.3. The Hall–Kier alpha value is -3.78. The summed E-state index contributed by atoms with van der Waals surface area (Å²) in [5.41, 5.74) is 7.21. The summed E-state index contributed by atoms with van der Waals surface area (Å²) in [7, 11) is 0. The lowest BCUT2D eigenvalue weighted by Crippen LogP contribution is -2.50. The van der Waals surface area contributed by atoms with E-state index in [-0.39, 0.29) is 28.3 Å². The number of nitrogens with one attached hydrogen (secondary N) is 1. The second-order valence-electron chi connectivity index (χ2n) is 11.9. The number of hydrogen-bond donors (Lipinski definition) is 3. The van der Waals surface area contributed by atoms with Gasteiger partial charge in [-0.05, 0) is 68.6 Å². The van der Waals surface area contributed by atoms with Crippen LogP contribution in [0.25, 0.3) is 11.0 Å². The molecular weight excluding hydrogens is 616 g/mol. The molecule has 7 rings (SSSR count). The number of hydrogen-bond acceptors (Lipinski definition) is 11. The number of halogens is 1. The third-order valence-electron chi connectivity index (χ3n) is 9.23. The summed E-state index contributed by atoms with van der Waals surface area (Å²) in [5.74, 6) is 0.00238. The van der Waals surface area contributed by atoms with Gasteiger partial charge < -0.3 is 25.8 Å². The van der Waals surface area contributed by atoms with Gasteiger partial charge in [0.15, 0.2) is 10.7 Å². The van der Waals surface area contributed by atoms with Gasteiger partial charge in [0.1, 0.15) is 17.2 Å². The maximum absolute atomic E-state index is 13.1. The molecule has 45 heavy (non-hydrogen) atoms. The molecule has 12 nitrogen and oxygen atoms in total. The van der Waals surface area contributed by atoms with Crippen LogP contribution in [0.5, 0.6) is 5.88 Å². The number of carbonyl (C=O) groups excluding carboxylic acids is 1. The van der Waals surface area contributed by atoms with Crippen LogP contribution in [0.4, 0.5) is 11.5 Å². The maximum Gasteiger partial charge on any atom is 0.270 e. The fourth-order valence-electron chi connectivity index (χ4n) is 6.50. The van der Waals surface area contributed by atoms with Crippen LogP contribution in [0.2, 0.25) is 5.02 Å². The third-order valence-corrected chi connectivity index (χ3v) is 10.7. The predicted octanol–water partition coefficient (Wildman–Crippen LogP) is 4.01. The number of pyridine rings is 1. The minimum atomic E-state index is -0.781. The topological polar surface area (TPSA) is 161 Å². The highest BCUT2D eigenvalue weighted by atomic mass is 35.5. The molecule has 234 valence electrons. The Morgan fingerprint density at radius 2 is 1.96 bits per heavy atom. The van der Waals surface area contributed by atoms with Crippen LogP contribution in [0, 0.1) is 5.41 Å². The van der Waals surface area contributed by atoms with Gasteiger partial charge in [-0.25, -0.2) is 15.0 Å². The standard InChI is InChI=1S/C31H33ClN8O4S/c1-17-26(33)31(16-44-17)10-13-39(14-11-31)22-9-8-18-20(35-22)15-34-30(37-18)45-21-6-4-5-19(25(21)32)36-27(41)24-28(42)38-23-7-2-3-12-40(23)29(24)43/h4-6,8-9,15,17,26,42H,2-3,7,10-14,16,33H2,1H3,(H,36,41)/t17-,26+/m0/s1. The lowest BCUT2D eigenvalue weighted by molar-refractivity contribution is 0.0974. The summed E-state index contributed by atoms with van der Waals surface area (Å²) in [5, 5.41) is 13.8. The number of rotatable bonds is 5. The first kappa shape index (κ1) is 29.9. The number of nitrogens with zero attached hydrogens (tertiary/aromatic N) is 6. The van der Waals surface area contributed by atoms with Crippen LogP contribution in [-0.4, -0.2) is 67.4 Å². The molecule has 0 radical (unpaired) electrons. The van der Waals surface area contributed by atoms with Gasteiger partial charge in [0.2, 0.25) is 5.88 Å². The normalized spacial score (nSPS) is 20.8. The van der Waals surface area contributed by atoms with Crippen LogP contribution in [0.1, 0.15) is 48.8 Å². The summed E-state index contributed by atoms with van der Waals surface area (Å²) in [6.07, 6.45) is 5.98. The van der Waals surface area contributed by atoms with Gasteiger partial charge in [-0.1, -0.05) is 17.7 Å². The Kier molecular flexibility index (Phi) is 7.88. The number of benzene rings is 1. The predicted molar refractivity (Wildman–Crippen MR) is 171 cm³/mol.